The SMILES string of the molecule is CCCCCCCCCCCCCC(=O)OC1C=CC(CC(=O)Oc2c3n(cc(C(=O)NCc4c(F)cc(F)cc4F)c2=O)CC2O[C@@H]4CCC(C4)N2C3=O)=CC1. The van der Waals surface area contributed by atoms with Crippen LogP contribution in [0.15, 0.2) is 46.9 Å². The number of nitrogens with zero attached hydrogens (tertiary/aromatic N) is 2. The predicted molar refractivity (Wildman–Crippen MR) is 204 cm³/mol. The molecule has 11 nitrogen and oxygen atoms in total. The summed E-state index contributed by atoms with van der Waals surface area (Å²) in [5, 5.41) is 2.27. The normalized spacial score (nSPS) is 20.8. The Bertz CT molecular complexity index is 1920. The molecule has 2 aromatic rings. The van der Waals surface area contributed by atoms with Crippen LogP contribution in [0, 0.1) is 17.5 Å². The van der Waals surface area contributed by atoms with Crippen molar-refractivity contribution in [2.75, 3.05) is 0 Å². The van der Waals surface area contributed by atoms with Crippen molar-refractivity contribution in [3.63, 3.8) is 0 Å². The summed E-state index contributed by atoms with van der Waals surface area (Å²) in [7, 11) is 0. The van der Waals surface area contributed by atoms with Crippen molar-refractivity contribution >= 4 is 23.8 Å². The number of allylic oxidation sites excluding steroid dienone is 1. The molecule has 1 aromatic heterocycles. The minimum Gasteiger partial charge on any atom is -0.458 e. The lowest BCUT2D eigenvalue weighted by Gasteiger charge is -2.44. The molecule has 1 N–H and O–H groups in total. The quantitative estimate of drug-likeness (QED) is 0.113. The Balaban J connectivity index is 1.06. The van der Waals surface area contributed by atoms with E-state index in [0.29, 0.717) is 43.4 Å². The predicted octanol–water partition coefficient (Wildman–Crippen LogP) is 7.72. The van der Waals surface area contributed by atoms with Crippen LogP contribution in [0.4, 0.5) is 13.2 Å². The number of amides is 2. The van der Waals surface area contributed by atoms with Gasteiger partial charge in [-0.05, 0) is 37.3 Å². The average Bonchev–Trinajstić information content (AvgIpc) is 3.55. The number of aromatic nitrogens is 1. The smallest absolute Gasteiger partial charge is 0.315 e. The fraction of sp³-hybridized carbons (Fsp3) is 0.558. The van der Waals surface area contributed by atoms with Gasteiger partial charge >= 0.3 is 11.9 Å². The van der Waals surface area contributed by atoms with Crippen molar-refractivity contribution < 1.29 is 46.6 Å². The molecule has 2 amide bonds. The van der Waals surface area contributed by atoms with Gasteiger partial charge in [-0.2, -0.15) is 0 Å². The van der Waals surface area contributed by atoms with E-state index in [1.54, 1.807) is 23.1 Å². The molecule has 57 heavy (non-hydrogen) atoms. The van der Waals surface area contributed by atoms with Gasteiger partial charge in [0.05, 0.1) is 19.1 Å². The van der Waals surface area contributed by atoms with E-state index in [1.165, 1.54) is 55.9 Å². The Morgan fingerprint density at radius 3 is 2.26 bits per heavy atom. The van der Waals surface area contributed by atoms with Gasteiger partial charge in [-0.25, -0.2) is 13.2 Å². The maximum Gasteiger partial charge on any atom is 0.315 e. The number of rotatable bonds is 19. The van der Waals surface area contributed by atoms with Crippen LogP contribution >= 0.6 is 0 Å². The zero-order valence-electron chi connectivity index (χ0n) is 32.5. The minimum absolute atomic E-state index is 0.0354. The van der Waals surface area contributed by atoms with Crippen LogP contribution in [0.25, 0.3) is 0 Å². The third-order valence-corrected chi connectivity index (χ3v) is 11.2. The highest BCUT2D eigenvalue weighted by Crippen LogP contribution is 2.39. The fourth-order valence-electron chi connectivity index (χ4n) is 8.14. The number of hydrogen-bond acceptors (Lipinski definition) is 8. The second kappa shape index (κ2) is 19.6. The van der Waals surface area contributed by atoms with E-state index in [4.69, 9.17) is 14.2 Å². The number of halogens is 3. The van der Waals surface area contributed by atoms with Crippen LogP contribution in [0.1, 0.15) is 142 Å². The average molecular weight is 796 g/mol. The topological polar surface area (TPSA) is 133 Å². The van der Waals surface area contributed by atoms with Crippen molar-refractivity contribution in [2.24, 2.45) is 0 Å². The van der Waals surface area contributed by atoms with Crippen LogP contribution in [-0.4, -0.2) is 57.7 Å². The third-order valence-electron chi connectivity index (χ3n) is 11.2. The molecule has 1 aromatic carbocycles. The molecular formula is C43H52F3N3O8. The summed E-state index contributed by atoms with van der Waals surface area (Å²) in [6.45, 7) is 1.54. The largest absolute Gasteiger partial charge is 0.458 e. The van der Waals surface area contributed by atoms with E-state index in [9.17, 15) is 37.1 Å². The number of benzene rings is 1. The summed E-state index contributed by atoms with van der Waals surface area (Å²) < 4.78 is 60.7. The van der Waals surface area contributed by atoms with Crippen molar-refractivity contribution in [3.05, 3.63) is 86.6 Å². The van der Waals surface area contributed by atoms with Gasteiger partial charge in [-0.1, -0.05) is 83.3 Å². The highest BCUT2D eigenvalue weighted by molar-refractivity contribution is 6.00. The molecule has 1 saturated heterocycles. The molecule has 3 unspecified atom stereocenters. The Hall–Kier alpha value is -4.72. The van der Waals surface area contributed by atoms with Gasteiger partial charge < -0.3 is 29.0 Å². The second-order valence-corrected chi connectivity index (χ2v) is 15.5. The number of unbranched alkanes of at least 4 members (excludes halogenated alkanes) is 10. The molecule has 2 aliphatic carbocycles. The van der Waals surface area contributed by atoms with Crippen LogP contribution in [0.2, 0.25) is 0 Å². The molecule has 3 heterocycles. The maximum absolute atomic E-state index is 14.3. The molecular weight excluding hydrogens is 743 g/mol. The molecule has 308 valence electrons. The Morgan fingerprint density at radius 1 is 0.912 bits per heavy atom. The van der Waals surface area contributed by atoms with Crippen LogP contribution in [0.3, 0.4) is 0 Å². The monoisotopic (exact) mass is 795 g/mol. The summed E-state index contributed by atoms with van der Waals surface area (Å²) in [5.41, 5.74) is -1.92. The molecule has 0 spiro atoms. The first-order valence-electron chi connectivity index (χ1n) is 20.5. The number of hydrogen-bond donors (Lipinski definition) is 1. The number of carbonyl (C=O) groups is 4. The van der Waals surface area contributed by atoms with E-state index in [1.807, 2.05) is 0 Å². The molecule has 6 rings (SSSR count). The van der Waals surface area contributed by atoms with E-state index in [0.717, 1.165) is 31.9 Å². The van der Waals surface area contributed by atoms with Gasteiger partial charge in [-0.15, -0.1) is 0 Å². The number of pyridine rings is 1. The van der Waals surface area contributed by atoms with E-state index in [-0.39, 0.29) is 36.8 Å². The number of nitrogens with one attached hydrogen (secondary N) is 1. The first kappa shape index (κ1) is 41.9. The van der Waals surface area contributed by atoms with Crippen LogP contribution < -0.4 is 15.5 Å². The van der Waals surface area contributed by atoms with Crippen molar-refractivity contribution in [3.8, 4) is 5.75 Å². The summed E-state index contributed by atoms with van der Waals surface area (Å²) >= 11 is 0. The van der Waals surface area contributed by atoms with Gasteiger partial charge in [0.15, 0.2) is 11.9 Å². The summed E-state index contributed by atoms with van der Waals surface area (Å²) in [6.07, 6.45) is 20.5. The van der Waals surface area contributed by atoms with Gasteiger partial charge in [0.25, 0.3) is 11.8 Å². The zero-order valence-corrected chi connectivity index (χ0v) is 32.5. The number of esters is 2. The van der Waals surface area contributed by atoms with E-state index >= 15 is 0 Å². The molecule has 2 aliphatic heterocycles. The molecule has 1 saturated carbocycles. The first-order valence-corrected chi connectivity index (χ1v) is 20.5. The fourth-order valence-corrected chi connectivity index (χ4v) is 8.14. The van der Waals surface area contributed by atoms with Crippen molar-refractivity contribution in [1.82, 2.24) is 14.8 Å². The van der Waals surface area contributed by atoms with Gasteiger partial charge in [0.2, 0.25) is 11.2 Å². The standard InChI is InChI=1S/C43H52F3N3O8/c1-2-3-4-5-6-7-8-9-10-11-12-13-37(50)56-30-17-14-27(15-18-30)20-38(51)57-41-39-43(54)49-29-16-19-31(23-29)55-36(49)26-48(39)25-33(40(41)52)42(53)47-24-32-34(45)21-28(44)22-35(32)46/h14-15,17,21-22,25,29-31,36H,2-13,16,18-20,23-24,26H2,1H3,(H,47,53)/t29?,30?,31-,36?/m1/s1. The molecule has 2 bridgehead atoms. The van der Waals surface area contributed by atoms with Crippen molar-refractivity contribution in [2.45, 2.75) is 154 Å². The minimum atomic E-state index is -1.23. The Kier molecular flexibility index (Phi) is 14.4. The van der Waals surface area contributed by atoms with E-state index in [2.05, 4.69) is 12.2 Å². The maximum atomic E-state index is 14.3. The van der Waals surface area contributed by atoms with Crippen LogP contribution in [-0.2, 0) is 32.2 Å². The Labute approximate surface area is 330 Å². The summed E-state index contributed by atoms with van der Waals surface area (Å²) in [6, 6.07) is 0.806. The number of ether oxygens (including phenoxy) is 3. The first-order chi connectivity index (χ1) is 27.5. The van der Waals surface area contributed by atoms with Gasteiger partial charge in [-0.3, -0.25) is 24.0 Å². The lowest BCUT2D eigenvalue weighted by Crippen LogP contribution is -2.57. The third kappa shape index (κ3) is 10.6. The van der Waals surface area contributed by atoms with Crippen LogP contribution in [0.5, 0.6) is 5.75 Å². The lowest BCUT2D eigenvalue weighted by atomic mass is 10.0. The highest BCUT2D eigenvalue weighted by Gasteiger charge is 2.48. The number of fused-ring (bicyclic) bond motifs is 5. The van der Waals surface area contributed by atoms with Gasteiger partial charge in [0.1, 0.15) is 29.1 Å². The molecule has 4 atom stereocenters. The second-order valence-electron chi connectivity index (χ2n) is 15.5. The zero-order chi connectivity index (χ0) is 40.5. The van der Waals surface area contributed by atoms with E-state index < -0.39 is 76.4 Å². The van der Waals surface area contributed by atoms with Gasteiger partial charge in [0, 0.05) is 49.3 Å². The summed E-state index contributed by atoms with van der Waals surface area (Å²) in [4.78, 5) is 68.6. The Morgan fingerprint density at radius 2 is 1.60 bits per heavy atom. The summed E-state index contributed by atoms with van der Waals surface area (Å²) in [5.74, 6) is -7.04. The molecule has 0 radical (unpaired) electrons. The lowest BCUT2D eigenvalue weighted by molar-refractivity contribution is -0.147. The van der Waals surface area contributed by atoms with Crippen molar-refractivity contribution in [1.29, 1.82) is 0 Å². The highest BCUT2D eigenvalue weighted by atomic mass is 19.1. The molecule has 14 heteroatoms. The molecule has 4 aliphatic rings. The number of carbonyl (C=O) groups excluding carboxylic acids is 4. The molecule has 2 fully saturated rings.